The summed E-state index contributed by atoms with van der Waals surface area (Å²) < 4.78 is 2.01. The second kappa shape index (κ2) is 6.96. The van der Waals surface area contributed by atoms with E-state index in [-0.39, 0.29) is 5.91 Å². The number of carbonyl (C=O) groups excluding carboxylic acids is 1. The van der Waals surface area contributed by atoms with Crippen molar-refractivity contribution in [3.63, 3.8) is 0 Å². The molecule has 0 radical (unpaired) electrons. The molecule has 2 aliphatic rings. The number of benzene rings is 1. The monoisotopic (exact) mass is 462 g/mol. The maximum Gasteiger partial charge on any atom is 0.255 e. The highest BCUT2D eigenvalue weighted by Gasteiger charge is 2.35. The molecule has 0 spiro atoms. The van der Waals surface area contributed by atoms with E-state index in [1.165, 1.54) is 12.8 Å². The van der Waals surface area contributed by atoms with E-state index in [0.717, 1.165) is 46.1 Å². The minimum Gasteiger partial charge on any atom is -0.335 e. The van der Waals surface area contributed by atoms with Crippen molar-refractivity contribution >= 4 is 44.4 Å². The highest BCUT2D eigenvalue weighted by Crippen LogP contribution is 2.31. The molecule has 1 N–H and O–H groups in total. The molecular formula is C16H20BrIN2O. The number of hydrogen-bond donors (Lipinski definition) is 1. The van der Waals surface area contributed by atoms with Crippen molar-refractivity contribution in [1.82, 2.24) is 10.2 Å². The topological polar surface area (TPSA) is 32.3 Å². The smallest absolute Gasteiger partial charge is 0.255 e. The lowest BCUT2D eigenvalue weighted by Gasteiger charge is -2.30. The van der Waals surface area contributed by atoms with Crippen molar-refractivity contribution in [1.29, 1.82) is 0 Å². The average molecular weight is 463 g/mol. The van der Waals surface area contributed by atoms with Crippen LogP contribution in [-0.2, 0) is 0 Å². The van der Waals surface area contributed by atoms with E-state index in [2.05, 4.69) is 48.7 Å². The van der Waals surface area contributed by atoms with Crippen molar-refractivity contribution < 1.29 is 4.79 Å². The van der Waals surface area contributed by atoms with Gasteiger partial charge in [-0.3, -0.25) is 4.79 Å². The fourth-order valence-corrected chi connectivity index (χ4v) is 3.89. The Balaban J connectivity index is 1.76. The maximum atomic E-state index is 13.0. The van der Waals surface area contributed by atoms with Gasteiger partial charge in [-0.25, -0.2) is 0 Å². The number of amides is 1. The number of hydrogen-bond acceptors (Lipinski definition) is 2. The number of carbonyl (C=O) groups is 1. The zero-order chi connectivity index (χ0) is 14.8. The number of nitrogens with zero attached hydrogens (tertiary/aromatic N) is 1. The highest BCUT2D eigenvalue weighted by molar-refractivity contribution is 14.1. The van der Waals surface area contributed by atoms with Crippen molar-refractivity contribution in [2.75, 3.05) is 19.6 Å². The Kier molecular flexibility index (Phi) is 5.22. The molecule has 5 heteroatoms. The summed E-state index contributed by atoms with van der Waals surface area (Å²) >= 11 is 5.74. The van der Waals surface area contributed by atoms with E-state index < -0.39 is 0 Å². The molecule has 1 aromatic carbocycles. The minimum absolute atomic E-state index is 0.203. The third kappa shape index (κ3) is 3.99. The molecule has 3 nitrogen and oxygen atoms in total. The van der Waals surface area contributed by atoms with Gasteiger partial charge in [0.25, 0.3) is 5.91 Å². The van der Waals surface area contributed by atoms with E-state index in [4.69, 9.17) is 0 Å². The Morgan fingerprint density at radius 1 is 1.38 bits per heavy atom. The number of nitrogens with one attached hydrogen (secondary N) is 1. The summed E-state index contributed by atoms with van der Waals surface area (Å²) in [6, 6.07) is 6.42. The van der Waals surface area contributed by atoms with Gasteiger partial charge >= 0.3 is 0 Å². The van der Waals surface area contributed by atoms with Crippen LogP contribution in [0.25, 0.3) is 0 Å². The molecule has 1 saturated carbocycles. The summed E-state index contributed by atoms with van der Waals surface area (Å²) in [5.74, 6) is 0.807. The summed E-state index contributed by atoms with van der Waals surface area (Å²) in [4.78, 5) is 15.1. The number of halogens is 2. The van der Waals surface area contributed by atoms with Crippen molar-refractivity contribution in [2.45, 2.75) is 31.7 Å². The van der Waals surface area contributed by atoms with Crippen LogP contribution in [0.2, 0.25) is 0 Å². The normalized spacial score (nSPS) is 22.1. The van der Waals surface area contributed by atoms with Gasteiger partial charge in [0.15, 0.2) is 0 Å². The molecule has 1 amide bonds. The lowest BCUT2D eigenvalue weighted by molar-refractivity contribution is 0.0703. The van der Waals surface area contributed by atoms with Gasteiger partial charge in [0.1, 0.15) is 0 Å². The third-order valence-corrected chi connectivity index (χ3v) is 5.70. The van der Waals surface area contributed by atoms with E-state index in [9.17, 15) is 4.79 Å². The predicted octanol–water partition coefficient (Wildman–Crippen LogP) is 3.66. The van der Waals surface area contributed by atoms with E-state index in [0.29, 0.717) is 12.0 Å². The fourth-order valence-electron chi connectivity index (χ4n) is 2.96. The van der Waals surface area contributed by atoms with Gasteiger partial charge in [0.05, 0.1) is 5.56 Å². The fraction of sp³-hybridized carbons (Fsp3) is 0.562. The van der Waals surface area contributed by atoms with E-state index in [1.807, 2.05) is 18.2 Å². The standard InChI is InChI=1S/C16H20BrIN2O/c17-12-3-6-15(18)14(8-12)16(21)20(13-4-5-13)10-11-2-1-7-19-9-11/h3,6,8,11,13,19H,1-2,4-5,7,9-10H2. The van der Waals surface area contributed by atoms with Gasteiger partial charge in [-0.15, -0.1) is 0 Å². The molecule has 1 aromatic rings. The van der Waals surface area contributed by atoms with Crippen LogP contribution in [0.4, 0.5) is 0 Å². The molecule has 114 valence electrons. The van der Waals surface area contributed by atoms with Crippen molar-refractivity contribution in [3.05, 3.63) is 31.8 Å². The Morgan fingerprint density at radius 2 is 2.19 bits per heavy atom. The number of rotatable bonds is 4. The van der Waals surface area contributed by atoms with Gasteiger partial charge in [-0.05, 0) is 85.5 Å². The predicted molar refractivity (Wildman–Crippen MR) is 96.5 cm³/mol. The van der Waals surface area contributed by atoms with Gasteiger partial charge in [0.2, 0.25) is 0 Å². The van der Waals surface area contributed by atoms with Crippen LogP contribution < -0.4 is 5.32 Å². The maximum absolute atomic E-state index is 13.0. The quantitative estimate of drug-likeness (QED) is 0.692. The van der Waals surface area contributed by atoms with Crippen LogP contribution in [-0.4, -0.2) is 36.5 Å². The van der Waals surface area contributed by atoms with E-state index >= 15 is 0 Å². The molecule has 3 rings (SSSR count). The van der Waals surface area contributed by atoms with Crippen molar-refractivity contribution in [3.8, 4) is 0 Å². The Labute approximate surface area is 148 Å². The Morgan fingerprint density at radius 3 is 2.86 bits per heavy atom. The second-order valence-electron chi connectivity index (χ2n) is 6.03. The van der Waals surface area contributed by atoms with Gasteiger partial charge in [0, 0.05) is 20.6 Å². The van der Waals surface area contributed by atoms with Crippen LogP contribution in [0, 0.1) is 9.49 Å². The first kappa shape index (κ1) is 15.7. The molecule has 1 saturated heterocycles. The molecule has 1 unspecified atom stereocenters. The molecule has 1 atom stereocenters. The Hall–Kier alpha value is -0.140. The first-order valence-corrected chi connectivity index (χ1v) is 9.49. The van der Waals surface area contributed by atoms with Gasteiger partial charge < -0.3 is 10.2 Å². The molecular weight excluding hydrogens is 443 g/mol. The molecule has 0 aromatic heterocycles. The van der Waals surface area contributed by atoms with Crippen molar-refractivity contribution in [2.24, 2.45) is 5.92 Å². The first-order chi connectivity index (χ1) is 10.1. The highest BCUT2D eigenvalue weighted by atomic mass is 127. The van der Waals surface area contributed by atoms with Gasteiger partial charge in [-0.2, -0.15) is 0 Å². The molecule has 1 aliphatic carbocycles. The summed E-state index contributed by atoms with van der Waals surface area (Å²) in [6.07, 6.45) is 4.79. The molecule has 2 fully saturated rings. The Bertz CT molecular complexity index is 527. The average Bonchev–Trinajstić information content (AvgIpc) is 3.32. The van der Waals surface area contributed by atoms with Crippen LogP contribution in [0.15, 0.2) is 22.7 Å². The zero-order valence-corrected chi connectivity index (χ0v) is 15.7. The minimum atomic E-state index is 0.203. The summed E-state index contributed by atoms with van der Waals surface area (Å²) in [6.45, 7) is 3.07. The van der Waals surface area contributed by atoms with Crippen LogP contribution in [0.1, 0.15) is 36.0 Å². The molecule has 0 bridgehead atoms. The lowest BCUT2D eigenvalue weighted by Crippen LogP contribution is -2.42. The molecule has 21 heavy (non-hydrogen) atoms. The van der Waals surface area contributed by atoms with Crippen LogP contribution >= 0.6 is 38.5 Å². The largest absolute Gasteiger partial charge is 0.335 e. The summed E-state index contributed by atoms with van der Waals surface area (Å²) in [5.41, 5.74) is 0.834. The van der Waals surface area contributed by atoms with Crippen LogP contribution in [0.5, 0.6) is 0 Å². The second-order valence-corrected chi connectivity index (χ2v) is 8.10. The zero-order valence-electron chi connectivity index (χ0n) is 11.9. The SMILES string of the molecule is O=C(c1cc(Br)ccc1I)N(CC1CCCNC1)C1CC1. The van der Waals surface area contributed by atoms with Crippen LogP contribution in [0.3, 0.4) is 0 Å². The number of piperidine rings is 1. The van der Waals surface area contributed by atoms with E-state index in [1.54, 1.807) is 0 Å². The first-order valence-electron chi connectivity index (χ1n) is 7.62. The third-order valence-electron chi connectivity index (χ3n) is 4.26. The summed E-state index contributed by atoms with van der Waals surface area (Å²) in [5, 5.41) is 3.45. The molecule has 1 aliphatic heterocycles. The summed E-state index contributed by atoms with van der Waals surface area (Å²) in [7, 11) is 0. The molecule has 1 heterocycles. The lowest BCUT2D eigenvalue weighted by atomic mass is 9.98. The van der Waals surface area contributed by atoms with Gasteiger partial charge in [-0.1, -0.05) is 15.9 Å².